The fourth-order valence-electron chi connectivity index (χ4n) is 1.96. The van der Waals surface area contributed by atoms with Gasteiger partial charge in [-0.2, -0.15) is 0 Å². The van der Waals surface area contributed by atoms with Gasteiger partial charge in [0.15, 0.2) is 0 Å². The van der Waals surface area contributed by atoms with Crippen molar-refractivity contribution in [3.8, 4) is 5.75 Å². The molecule has 4 nitrogen and oxygen atoms in total. The molecule has 1 aromatic carbocycles. The molecule has 0 aliphatic carbocycles. The highest BCUT2D eigenvalue weighted by Gasteiger charge is 2.10. The first-order chi connectivity index (χ1) is 8.99. The maximum atomic E-state index is 10.8. The highest BCUT2D eigenvalue weighted by molar-refractivity contribution is 5.88. The van der Waals surface area contributed by atoms with Crippen LogP contribution in [-0.2, 0) is 11.3 Å². The lowest BCUT2D eigenvalue weighted by molar-refractivity contribution is -0.132. The lowest BCUT2D eigenvalue weighted by Crippen LogP contribution is -2.07. The minimum Gasteiger partial charge on any atom is -0.490 e. The Labute approximate surface area is 111 Å². The van der Waals surface area contributed by atoms with Crippen LogP contribution in [0.1, 0.15) is 13.8 Å². The van der Waals surface area contributed by atoms with Crippen molar-refractivity contribution in [2.45, 2.75) is 26.5 Å². The number of fused-ring (bicyclic) bond motifs is 1. The Bertz CT molecular complexity index is 625. The van der Waals surface area contributed by atoms with E-state index in [0.717, 1.165) is 16.7 Å². The van der Waals surface area contributed by atoms with Gasteiger partial charge < -0.3 is 14.4 Å². The second-order valence-corrected chi connectivity index (χ2v) is 4.71. The van der Waals surface area contributed by atoms with Crippen LogP contribution in [0.25, 0.3) is 10.9 Å². The molecular formula is C15H17NO3. The van der Waals surface area contributed by atoms with Gasteiger partial charge in [-0.1, -0.05) is 12.6 Å². The van der Waals surface area contributed by atoms with E-state index < -0.39 is 5.97 Å². The van der Waals surface area contributed by atoms with E-state index in [9.17, 15) is 4.79 Å². The summed E-state index contributed by atoms with van der Waals surface area (Å²) in [7, 11) is 0. The van der Waals surface area contributed by atoms with Gasteiger partial charge in [0.25, 0.3) is 0 Å². The summed E-state index contributed by atoms with van der Waals surface area (Å²) in [5, 5.41) is 9.87. The number of hydrogen-bond donors (Lipinski definition) is 1. The van der Waals surface area contributed by atoms with E-state index in [0.29, 0.717) is 0 Å². The largest absolute Gasteiger partial charge is 0.490 e. The molecule has 100 valence electrons. The summed E-state index contributed by atoms with van der Waals surface area (Å²) in [5.74, 6) is -0.163. The van der Waals surface area contributed by atoms with E-state index in [1.165, 1.54) is 0 Å². The van der Waals surface area contributed by atoms with Crippen LogP contribution in [0.15, 0.2) is 42.6 Å². The van der Waals surface area contributed by atoms with Gasteiger partial charge in [0.1, 0.15) is 5.75 Å². The topological polar surface area (TPSA) is 51.5 Å². The molecule has 1 N–H and O–H groups in total. The molecule has 4 heteroatoms. The van der Waals surface area contributed by atoms with E-state index in [1.54, 1.807) is 0 Å². The maximum Gasteiger partial charge on any atom is 0.332 e. The monoisotopic (exact) mass is 259 g/mol. The zero-order chi connectivity index (χ0) is 14.0. The molecule has 0 aliphatic rings. The predicted molar refractivity (Wildman–Crippen MR) is 74.5 cm³/mol. The van der Waals surface area contributed by atoms with Crippen LogP contribution < -0.4 is 4.74 Å². The zero-order valence-electron chi connectivity index (χ0n) is 11.1. The number of ether oxygens (including phenoxy) is 1. The van der Waals surface area contributed by atoms with E-state index >= 15 is 0 Å². The highest BCUT2D eigenvalue weighted by Crippen LogP contribution is 2.27. The Balaban J connectivity index is 2.38. The summed E-state index contributed by atoms with van der Waals surface area (Å²) in [6.45, 7) is 7.77. The van der Waals surface area contributed by atoms with Crippen LogP contribution in [0.5, 0.6) is 5.75 Å². The second-order valence-electron chi connectivity index (χ2n) is 4.71. The van der Waals surface area contributed by atoms with Gasteiger partial charge in [0, 0.05) is 17.2 Å². The van der Waals surface area contributed by atoms with Crippen molar-refractivity contribution in [3.05, 3.63) is 42.6 Å². The fraction of sp³-hybridized carbons (Fsp3) is 0.267. The lowest BCUT2D eigenvalue weighted by Gasteiger charge is -2.11. The number of aliphatic carboxylic acids is 1. The van der Waals surface area contributed by atoms with Gasteiger partial charge in [-0.25, -0.2) is 4.79 Å². The zero-order valence-corrected chi connectivity index (χ0v) is 11.1. The third-order valence-electron chi connectivity index (χ3n) is 2.80. The highest BCUT2D eigenvalue weighted by atomic mass is 16.5. The van der Waals surface area contributed by atoms with Crippen LogP contribution in [-0.4, -0.2) is 21.7 Å². The molecule has 0 radical (unpaired) electrons. The molecule has 1 heterocycles. The van der Waals surface area contributed by atoms with Gasteiger partial charge in [0.2, 0.25) is 0 Å². The maximum absolute atomic E-state index is 10.8. The molecule has 0 saturated heterocycles. The Morgan fingerprint density at radius 2 is 2.16 bits per heavy atom. The van der Waals surface area contributed by atoms with Crippen molar-refractivity contribution in [1.29, 1.82) is 0 Å². The molecule has 0 saturated carbocycles. The first-order valence-electron chi connectivity index (χ1n) is 6.14. The van der Waals surface area contributed by atoms with Gasteiger partial charge >= 0.3 is 5.97 Å². The standard InChI is InChI=1S/C15H17NO3/c1-10(2)19-14-6-4-5-13-12(14)7-8-16(13)9-11(3)15(17)18/h4-8,10H,3,9H2,1-2H3,(H,17,18). The summed E-state index contributed by atoms with van der Waals surface area (Å²) < 4.78 is 7.60. The Morgan fingerprint density at radius 3 is 2.79 bits per heavy atom. The van der Waals surface area contributed by atoms with Crippen LogP contribution in [0.3, 0.4) is 0 Å². The van der Waals surface area contributed by atoms with Crippen molar-refractivity contribution in [2.24, 2.45) is 0 Å². The fourth-order valence-corrected chi connectivity index (χ4v) is 1.96. The van der Waals surface area contributed by atoms with Crippen molar-refractivity contribution >= 4 is 16.9 Å². The molecule has 1 aromatic heterocycles. The number of benzene rings is 1. The van der Waals surface area contributed by atoms with E-state index in [1.807, 2.05) is 48.9 Å². The smallest absolute Gasteiger partial charge is 0.332 e. The third-order valence-corrected chi connectivity index (χ3v) is 2.80. The quantitative estimate of drug-likeness (QED) is 0.839. The van der Waals surface area contributed by atoms with Crippen LogP contribution in [0.2, 0.25) is 0 Å². The number of carboxylic acid groups (broad SMARTS) is 1. The first-order valence-corrected chi connectivity index (χ1v) is 6.14. The Hall–Kier alpha value is -2.23. The number of rotatable bonds is 5. The SMILES string of the molecule is C=C(Cn1ccc2c(OC(C)C)cccc21)C(=O)O. The summed E-state index contributed by atoms with van der Waals surface area (Å²) in [4.78, 5) is 10.8. The molecule has 0 spiro atoms. The van der Waals surface area contributed by atoms with Gasteiger partial charge in [-0.05, 0) is 32.0 Å². The molecule has 0 aliphatic heterocycles. The molecule has 2 aromatic rings. The normalized spacial score (nSPS) is 10.9. The van der Waals surface area contributed by atoms with Crippen molar-refractivity contribution in [1.82, 2.24) is 4.57 Å². The predicted octanol–water partition coefficient (Wildman–Crippen LogP) is 3.07. The van der Waals surface area contributed by atoms with Gasteiger partial charge in [-0.15, -0.1) is 0 Å². The number of nitrogens with zero attached hydrogens (tertiary/aromatic N) is 1. The number of carbonyl (C=O) groups is 1. The number of hydrogen-bond acceptors (Lipinski definition) is 2. The summed E-state index contributed by atoms with van der Waals surface area (Å²) >= 11 is 0. The molecule has 19 heavy (non-hydrogen) atoms. The summed E-state index contributed by atoms with van der Waals surface area (Å²) in [6.07, 6.45) is 1.95. The van der Waals surface area contributed by atoms with Crippen molar-refractivity contribution in [3.63, 3.8) is 0 Å². The molecule has 0 amide bonds. The van der Waals surface area contributed by atoms with E-state index in [4.69, 9.17) is 9.84 Å². The molecule has 0 bridgehead atoms. The molecule has 2 rings (SSSR count). The van der Waals surface area contributed by atoms with Crippen molar-refractivity contribution < 1.29 is 14.6 Å². The third kappa shape index (κ3) is 2.78. The van der Waals surface area contributed by atoms with Crippen molar-refractivity contribution in [2.75, 3.05) is 0 Å². The minimum atomic E-state index is -0.976. The van der Waals surface area contributed by atoms with Gasteiger partial charge in [-0.3, -0.25) is 0 Å². The minimum absolute atomic E-state index is 0.0999. The van der Waals surface area contributed by atoms with Crippen LogP contribution in [0, 0.1) is 0 Å². The number of aromatic nitrogens is 1. The Morgan fingerprint density at radius 1 is 1.42 bits per heavy atom. The second kappa shape index (κ2) is 5.18. The van der Waals surface area contributed by atoms with E-state index in [2.05, 4.69) is 6.58 Å². The summed E-state index contributed by atoms with van der Waals surface area (Å²) in [5.41, 5.74) is 1.10. The molecule has 0 unspecified atom stereocenters. The van der Waals surface area contributed by atoms with Crippen LogP contribution >= 0.6 is 0 Å². The van der Waals surface area contributed by atoms with Gasteiger partial charge in [0.05, 0.1) is 18.2 Å². The van der Waals surface area contributed by atoms with Crippen LogP contribution in [0.4, 0.5) is 0 Å². The molecular weight excluding hydrogens is 242 g/mol. The molecule has 0 fully saturated rings. The number of carboxylic acids is 1. The summed E-state index contributed by atoms with van der Waals surface area (Å²) in [6, 6.07) is 7.69. The lowest BCUT2D eigenvalue weighted by atomic mass is 10.2. The first kappa shape index (κ1) is 13.2. The van der Waals surface area contributed by atoms with E-state index in [-0.39, 0.29) is 18.2 Å². The Kier molecular flexibility index (Phi) is 3.60. The average molecular weight is 259 g/mol. The average Bonchev–Trinajstić information content (AvgIpc) is 2.73. The molecule has 0 atom stereocenters.